The number of methoxy groups -OCH3 is 1. The minimum absolute atomic E-state index is 0.179. The number of ether oxygens (including phenoxy) is 2. The van der Waals surface area contributed by atoms with E-state index in [2.05, 4.69) is 10.7 Å². The van der Waals surface area contributed by atoms with E-state index in [0.717, 1.165) is 12.7 Å². The summed E-state index contributed by atoms with van der Waals surface area (Å²) in [7, 11) is 0.879. The molecular weight excluding hydrogens is 242 g/mol. The van der Waals surface area contributed by atoms with Crippen molar-refractivity contribution >= 4 is 5.97 Å². The van der Waals surface area contributed by atoms with Crippen LogP contribution in [0, 0.1) is 11.8 Å². The van der Waals surface area contributed by atoms with E-state index < -0.39 is 11.9 Å². The molecule has 1 rings (SSSR count). The average Bonchev–Trinajstić information content (AvgIpc) is 2.38. The quantitative estimate of drug-likeness (QED) is 0.468. The molecule has 0 aliphatic heterocycles. The fourth-order valence-electron chi connectivity index (χ4n) is 1.12. The van der Waals surface area contributed by atoms with Crippen molar-refractivity contribution in [3.63, 3.8) is 0 Å². The molecule has 0 bridgehead atoms. The lowest BCUT2D eigenvalue weighted by Gasteiger charge is -2.05. The average molecular weight is 254 g/mol. The number of carbonyl (C=O) groups is 1. The Hall–Kier alpha value is -1.93. The third-order valence-corrected chi connectivity index (χ3v) is 1.97. The molecule has 0 amide bonds. The first-order chi connectivity index (χ1) is 8.56. The molecule has 0 aliphatic carbocycles. The minimum atomic E-state index is -3.79. The molecule has 0 atom stereocenters. The van der Waals surface area contributed by atoms with Gasteiger partial charge in [-0.25, -0.2) is 4.79 Å². The van der Waals surface area contributed by atoms with E-state index in [1.54, 1.807) is 0 Å². The molecule has 0 saturated heterocycles. The minimum Gasteiger partial charge on any atom is -0.464 e. The van der Waals surface area contributed by atoms with E-state index in [0.29, 0.717) is 0 Å². The van der Waals surface area contributed by atoms with Crippen LogP contribution in [0.15, 0.2) is 30.3 Å². The van der Waals surface area contributed by atoms with Gasteiger partial charge in [0, 0.05) is 0 Å². The molecule has 0 spiro atoms. The van der Waals surface area contributed by atoms with Crippen LogP contribution in [-0.4, -0.2) is 25.6 Å². The van der Waals surface area contributed by atoms with Crippen molar-refractivity contribution < 1.29 is 23.0 Å². The second-order valence-corrected chi connectivity index (χ2v) is 3.35. The van der Waals surface area contributed by atoms with Crippen molar-refractivity contribution in [2.24, 2.45) is 0 Å². The molecule has 0 saturated carbocycles. The summed E-state index contributed by atoms with van der Waals surface area (Å²) in [6.45, 7) is 0.0980. The monoisotopic (exact) mass is 254 g/mol. The van der Waals surface area contributed by atoms with Crippen LogP contribution in [0.1, 0.15) is 5.56 Å². The molecule has 18 heavy (non-hydrogen) atoms. The van der Waals surface area contributed by atoms with Crippen molar-refractivity contribution in [1.82, 2.24) is 0 Å². The van der Waals surface area contributed by atoms with Crippen LogP contribution >= 0.6 is 0 Å². The zero-order chi connectivity index (χ0) is 13.4. The summed E-state index contributed by atoms with van der Waals surface area (Å²) in [6, 6.07) is 9.23. The van der Waals surface area contributed by atoms with E-state index in [1.165, 1.54) is 5.92 Å². The van der Waals surface area contributed by atoms with Gasteiger partial charge in [-0.2, -0.15) is 8.78 Å². The standard InChI is InChI=1S/C13H12F2O3/c1-17-12(16)13(14,15)8-5-9-18-10-11-6-3-2-4-7-11/h2-4,6-7H,9-10H2,1H3. The SMILES string of the molecule is COC(=O)C(F)(F)C#CCOCc1ccccc1. The van der Waals surface area contributed by atoms with Gasteiger partial charge in [0.1, 0.15) is 6.61 Å². The first kappa shape index (κ1) is 14.1. The highest BCUT2D eigenvalue weighted by molar-refractivity contribution is 5.81. The molecule has 0 fully saturated rings. The first-order valence-corrected chi connectivity index (χ1v) is 5.14. The van der Waals surface area contributed by atoms with Gasteiger partial charge in [-0.15, -0.1) is 0 Å². The van der Waals surface area contributed by atoms with Gasteiger partial charge in [-0.1, -0.05) is 36.3 Å². The number of carbonyl (C=O) groups excluding carboxylic acids is 1. The van der Waals surface area contributed by atoms with Gasteiger partial charge in [-0.05, 0) is 11.5 Å². The first-order valence-electron chi connectivity index (χ1n) is 5.14. The van der Waals surface area contributed by atoms with Gasteiger partial charge in [0.2, 0.25) is 0 Å². The number of esters is 1. The zero-order valence-corrected chi connectivity index (χ0v) is 9.78. The molecule has 0 aromatic heterocycles. The molecule has 1 aromatic rings. The molecule has 5 heteroatoms. The maximum absolute atomic E-state index is 12.9. The maximum Gasteiger partial charge on any atom is 0.403 e. The van der Waals surface area contributed by atoms with Gasteiger partial charge in [0.05, 0.1) is 13.7 Å². The summed E-state index contributed by atoms with van der Waals surface area (Å²) in [5, 5.41) is 0. The summed E-state index contributed by atoms with van der Waals surface area (Å²) < 4.78 is 34.7. The number of benzene rings is 1. The lowest BCUT2D eigenvalue weighted by Crippen LogP contribution is -2.27. The molecular formula is C13H12F2O3. The Kier molecular flexibility index (Phi) is 5.28. The number of alkyl halides is 2. The van der Waals surface area contributed by atoms with Crippen LogP contribution in [0.25, 0.3) is 0 Å². The predicted octanol–water partition coefficient (Wildman–Crippen LogP) is 2.01. The Bertz CT molecular complexity index is 446. The molecule has 0 heterocycles. The highest BCUT2D eigenvalue weighted by Crippen LogP contribution is 2.13. The van der Waals surface area contributed by atoms with Crippen molar-refractivity contribution in [2.45, 2.75) is 12.5 Å². The van der Waals surface area contributed by atoms with Gasteiger partial charge in [-0.3, -0.25) is 0 Å². The Morgan fingerprint density at radius 1 is 1.33 bits per heavy atom. The summed E-state index contributed by atoms with van der Waals surface area (Å²) >= 11 is 0. The van der Waals surface area contributed by atoms with Crippen molar-refractivity contribution in [3.8, 4) is 11.8 Å². The molecule has 3 nitrogen and oxygen atoms in total. The topological polar surface area (TPSA) is 35.5 Å². The van der Waals surface area contributed by atoms with Crippen LogP contribution in [0.3, 0.4) is 0 Å². The number of hydrogen-bond acceptors (Lipinski definition) is 3. The van der Waals surface area contributed by atoms with Crippen LogP contribution in [-0.2, 0) is 20.9 Å². The number of rotatable bonds is 4. The van der Waals surface area contributed by atoms with Crippen LogP contribution in [0.4, 0.5) is 8.78 Å². The molecule has 0 radical (unpaired) electrons. The van der Waals surface area contributed by atoms with Crippen molar-refractivity contribution in [1.29, 1.82) is 0 Å². The summed E-state index contributed by atoms with van der Waals surface area (Å²) in [5.41, 5.74) is 0.916. The maximum atomic E-state index is 12.9. The lowest BCUT2D eigenvalue weighted by atomic mass is 10.2. The Morgan fingerprint density at radius 3 is 2.61 bits per heavy atom. The van der Waals surface area contributed by atoms with E-state index in [1.807, 2.05) is 30.3 Å². The van der Waals surface area contributed by atoms with Gasteiger partial charge >= 0.3 is 11.9 Å². The Morgan fingerprint density at radius 2 is 2.00 bits per heavy atom. The highest BCUT2D eigenvalue weighted by atomic mass is 19.3. The lowest BCUT2D eigenvalue weighted by molar-refractivity contribution is -0.160. The molecule has 0 aliphatic rings. The molecule has 0 unspecified atom stereocenters. The summed E-state index contributed by atoms with van der Waals surface area (Å²) in [6.07, 6.45) is 0. The summed E-state index contributed by atoms with van der Waals surface area (Å²) in [5.74, 6) is -1.85. The normalized spacial score (nSPS) is 10.4. The highest BCUT2D eigenvalue weighted by Gasteiger charge is 2.37. The zero-order valence-electron chi connectivity index (χ0n) is 9.78. The third-order valence-electron chi connectivity index (χ3n) is 1.97. The number of hydrogen-bond donors (Lipinski definition) is 0. The largest absolute Gasteiger partial charge is 0.464 e. The van der Waals surface area contributed by atoms with E-state index in [-0.39, 0.29) is 13.2 Å². The molecule has 96 valence electrons. The van der Waals surface area contributed by atoms with Gasteiger partial charge in [0.25, 0.3) is 0 Å². The third kappa shape index (κ3) is 4.52. The van der Waals surface area contributed by atoms with Crippen molar-refractivity contribution in [3.05, 3.63) is 35.9 Å². The molecule has 1 aromatic carbocycles. The predicted molar refractivity (Wildman–Crippen MR) is 60.8 cm³/mol. The Balaban J connectivity index is 2.37. The molecule has 0 N–H and O–H groups in total. The van der Waals surface area contributed by atoms with Gasteiger partial charge < -0.3 is 9.47 Å². The van der Waals surface area contributed by atoms with Crippen molar-refractivity contribution in [2.75, 3.05) is 13.7 Å². The van der Waals surface area contributed by atoms with E-state index >= 15 is 0 Å². The van der Waals surface area contributed by atoms with Crippen LogP contribution < -0.4 is 0 Å². The van der Waals surface area contributed by atoms with Crippen LogP contribution in [0.5, 0.6) is 0 Å². The summed E-state index contributed by atoms with van der Waals surface area (Å²) in [4.78, 5) is 10.6. The number of halogens is 2. The fraction of sp³-hybridized carbons (Fsp3) is 0.308. The second-order valence-electron chi connectivity index (χ2n) is 3.35. The second kappa shape index (κ2) is 6.72. The van der Waals surface area contributed by atoms with E-state index in [9.17, 15) is 13.6 Å². The Labute approximate surface area is 104 Å². The van der Waals surface area contributed by atoms with Crippen LogP contribution in [0.2, 0.25) is 0 Å². The van der Waals surface area contributed by atoms with Gasteiger partial charge in [0.15, 0.2) is 0 Å². The smallest absolute Gasteiger partial charge is 0.403 e. The van der Waals surface area contributed by atoms with E-state index in [4.69, 9.17) is 4.74 Å². The fourth-order valence-corrected chi connectivity index (χ4v) is 1.12.